The number of aromatic nitrogens is 1. The maximum Gasteiger partial charge on any atom is 0.0805 e. The first-order valence-corrected chi connectivity index (χ1v) is 8.73. The van der Waals surface area contributed by atoms with Crippen molar-refractivity contribution >= 4 is 28.9 Å². The van der Waals surface area contributed by atoms with Crippen molar-refractivity contribution in [3.8, 4) is 5.69 Å². The monoisotopic (exact) mass is 354 g/mol. The highest BCUT2D eigenvalue weighted by atomic mass is 35.5. The lowest BCUT2D eigenvalue weighted by Crippen LogP contribution is -2.07. The summed E-state index contributed by atoms with van der Waals surface area (Å²) in [6.07, 6.45) is 3.11. The molecule has 4 heteroatoms. The summed E-state index contributed by atoms with van der Waals surface area (Å²) in [6.45, 7) is 2.80. The number of aliphatic imine (C=N–C) groups is 1. The molecule has 1 aliphatic heterocycles. The molecule has 0 fully saturated rings. The van der Waals surface area contributed by atoms with Crippen molar-refractivity contribution in [1.29, 1.82) is 0 Å². The van der Waals surface area contributed by atoms with Gasteiger partial charge in [0, 0.05) is 33.1 Å². The van der Waals surface area contributed by atoms with Crippen molar-refractivity contribution in [2.75, 3.05) is 0 Å². The van der Waals surface area contributed by atoms with Gasteiger partial charge in [-0.25, -0.2) is 0 Å². The Labute approximate surface area is 151 Å². The number of nitrogens with zero attached hydrogens (tertiary/aromatic N) is 2. The number of hydrogen-bond donors (Lipinski definition) is 0. The van der Waals surface area contributed by atoms with Crippen molar-refractivity contribution in [3.05, 3.63) is 87.2 Å². The Hall–Kier alpha value is -2.03. The van der Waals surface area contributed by atoms with E-state index >= 15 is 0 Å². The summed E-state index contributed by atoms with van der Waals surface area (Å²) in [5.74, 6) is 0. The number of rotatable bonds is 2. The van der Waals surface area contributed by atoms with Gasteiger partial charge in [-0.1, -0.05) is 48.3 Å². The largest absolute Gasteiger partial charge is 0.318 e. The minimum atomic E-state index is 0.628. The van der Waals surface area contributed by atoms with Crippen LogP contribution in [0.5, 0.6) is 0 Å². The van der Waals surface area contributed by atoms with Gasteiger partial charge in [0.15, 0.2) is 0 Å². The molecule has 0 N–H and O–H groups in total. The van der Waals surface area contributed by atoms with E-state index in [0.29, 0.717) is 16.6 Å². The zero-order valence-corrected chi connectivity index (χ0v) is 14.8. The SMILES string of the molecule is CCc1ccn2c1CN=C(c1ccccc1Cl)c1cc(Cl)ccc1-2. The molecule has 0 atom stereocenters. The lowest BCUT2D eigenvalue weighted by Gasteiger charge is -2.13. The van der Waals surface area contributed by atoms with E-state index in [2.05, 4.69) is 29.8 Å². The fourth-order valence-electron chi connectivity index (χ4n) is 3.26. The lowest BCUT2D eigenvalue weighted by atomic mass is 10.0. The van der Waals surface area contributed by atoms with Gasteiger partial charge in [0.1, 0.15) is 0 Å². The number of hydrogen-bond acceptors (Lipinski definition) is 1. The van der Waals surface area contributed by atoms with Gasteiger partial charge in [-0.3, -0.25) is 4.99 Å². The predicted molar refractivity (Wildman–Crippen MR) is 101 cm³/mol. The average Bonchev–Trinajstić information content (AvgIpc) is 2.92. The number of benzene rings is 2. The van der Waals surface area contributed by atoms with E-state index in [1.54, 1.807) is 0 Å². The van der Waals surface area contributed by atoms with Crippen molar-refractivity contribution < 1.29 is 0 Å². The Morgan fingerprint density at radius 2 is 1.88 bits per heavy atom. The normalized spacial score (nSPS) is 13.0. The van der Waals surface area contributed by atoms with Crippen LogP contribution in [0.15, 0.2) is 59.7 Å². The second-order valence-electron chi connectivity index (χ2n) is 5.82. The molecule has 24 heavy (non-hydrogen) atoms. The molecule has 120 valence electrons. The first-order valence-electron chi connectivity index (χ1n) is 7.97. The predicted octanol–water partition coefficient (Wildman–Crippen LogP) is 5.70. The summed E-state index contributed by atoms with van der Waals surface area (Å²) in [5.41, 5.74) is 6.47. The van der Waals surface area contributed by atoms with E-state index in [9.17, 15) is 0 Å². The van der Waals surface area contributed by atoms with Gasteiger partial charge in [-0.2, -0.15) is 0 Å². The number of aryl methyl sites for hydroxylation is 1. The zero-order chi connectivity index (χ0) is 16.7. The summed E-state index contributed by atoms with van der Waals surface area (Å²) in [7, 11) is 0. The second-order valence-corrected chi connectivity index (χ2v) is 6.66. The summed E-state index contributed by atoms with van der Waals surface area (Å²) < 4.78 is 2.22. The van der Waals surface area contributed by atoms with Crippen LogP contribution in [-0.4, -0.2) is 10.3 Å². The van der Waals surface area contributed by atoms with Crippen LogP contribution < -0.4 is 0 Å². The van der Waals surface area contributed by atoms with E-state index in [1.165, 1.54) is 11.3 Å². The third-order valence-corrected chi connectivity index (χ3v) is 5.02. The molecule has 0 saturated heterocycles. The topological polar surface area (TPSA) is 17.3 Å². The van der Waals surface area contributed by atoms with E-state index in [1.807, 2.05) is 36.4 Å². The molecule has 0 bridgehead atoms. The highest BCUT2D eigenvalue weighted by Gasteiger charge is 2.21. The Morgan fingerprint density at radius 3 is 2.67 bits per heavy atom. The first-order chi connectivity index (χ1) is 11.7. The quantitative estimate of drug-likeness (QED) is 0.561. The fourth-order valence-corrected chi connectivity index (χ4v) is 3.66. The molecule has 0 amide bonds. The van der Waals surface area contributed by atoms with Gasteiger partial charge in [-0.05, 0) is 42.3 Å². The number of halogens is 2. The van der Waals surface area contributed by atoms with E-state index < -0.39 is 0 Å². The van der Waals surface area contributed by atoms with Gasteiger partial charge in [-0.15, -0.1) is 0 Å². The Balaban J connectivity index is 2.00. The van der Waals surface area contributed by atoms with Gasteiger partial charge < -0.3 is 4.57 Å². The van der Waals surface area contributed by atoms with Crippen molar-refractivity contribution in [3.63, 3.8) is 0 Å². The second kappa shape index (κ2) is 6.12. The van der Waals surface area contributed by atoms with Gasteiger partial charge in [0.2, 0.25) is 0 Å². The van der Waals surface area contributed by atoms with Crippen LogP contribution >= 0.6 is 23.2 Å². The minimum Gasteiger partial charge on any atom is -0.318 e. The van der Waals surface area contributed by atoms with Crippen molar-refractivity contribution in [2.45, 2.75) is 19.9 Å². The zero-order valence-electron chi connectivity index (χ0n) is 13.3. The minimum absolute atomic E-state index is 0.628. The van der Waals surface area contributed by atoms with Crippen molar-refractivity contribution in [1.82, 2.24) is 4.57 Å². The van der Waals surface area contributed by atoms with Crippen LogP contribution in [0.25, 0.3) is 5.69 Å². The van der Waals surface area contributed by atoms with Crippen LogP contribution in [0.2, 0.25) is 10.0 Å². The molecule has 2 aromatic carbocycles. The van der Waals surface area contributed by atoms with Crippen LogP contribution in [-0.2, 0) is 13.0 Å². The Kier molecular flexibility index (Phi) is 3.95. The molecule has 2 nitrogen and oxygen atoms in total. The summed E-state index contributed by atoms with van der Waals surface area (Å²) in [6, 6.07) is 15.9. The van der Waals surface area contributed by atoms with Crippen LogP contribution in [0.1, 0.15) is 29.3 Å². The summed E-state index contributed by atoms with van der Waals surface area (Å²) in [5, 5.41) is 1.39. The molecule has 1 aliphatic rings. The molecular weight excluding hydrogens is 339 g/mol. The Morgan fingerprint density at radius 1 is 1.04 bits per heavy atom. The lowest BCUT2D eigenvalue weighted by molar-refractivity contribution is 0.899. The smallest absolute Gasteiger partial charge is 0.0805 e. The fraction of sp³-hybridized carbons (Fsp3) is 0.150. The first kappa shape index (κ1) is 15.5. The standard InChI is InChI=1S/C20H16Cl2N2/c1-2-13-9-10-24-18-8-7-14(21)11-16(18)20(23-12-19(13)24)15-5-3-4-6-17(15)22/h3-11H,2,12H2,1H3. The average molecular weight is 355 g/mol. The van der Waals surface area contributed by atoms with Crippen molar-refractivity contribution in [2.24, 2.45) is 4.99 Å². The van der Waals surface area contributed by atoms with Gasteiger partial charge in [0.25, 0.3) is 0 Å². The molecule has 0 spiro atoms. The molecule has 1 aromatic heterocycles. The van der Waals surface area contributed by atoms with Crippen LogP contribution in [0, 0.1) is 0 Å². The van der Waals surface area contributed by atoms with E-state index in [4.69, 9.17) is 28.2 Å². The number of fused-ring (bicyclic) bond motifs is 3. The molecule has 0 radical (unpaired) electrons. The molecule has 4 rings (SSSR count). The van der Waals surface area contributed by atoms with E-state index in [-0.39, 0.29) is 0 Å². The molecule has 2 heterocycles. The Bertz CT molecular complexity index is 954. The summed E-state index contributed by atoms with van der Waals surface area (Å²) in [4.78, 5) is 4.91. The van der Waals surface area contributed by atoms with Gasteiger partial charge in [0.05, 0.1) is 17.9 Å². The van der Waals surface area contributed by atoms with Crippen LogP contribution in [0.4, 0.5) is 0 Å². The molecular formula is C20H16Cl2N2. The molecule has 3 aromatic rings. The van der Waals surface area contributed by atoms with Crippen LogP contribution in [0.3, 0.4) is 0 Å². The van der Waals surface area contributed by atoms with Gasteiger partial charge >= 0.3 is 0 Å². The summed E-state index contributed by atoms with van der Waals surface area (Å²) >= 11 is 12.7. The third-order valence-electron chi connectivity index (χ3n) is 4.46. The molecule has 0 aliphatic carbocycles. The highest BCUT2D eigenvalue weighted by molar-refractivity contribution is 6.36. The maximum atomic E-state index is 6.44. The van der Waals surface area contributed by atoms with E-state index in [0.717, 1.165) is 28.9 Å². The maximum absolute atomic E-state index is 6.44. The highest BCUT2D eigenvalue weighted by Crippen LogP contribution is 2.31. The third kappa shape index (κ3) is 2.47. The molecule has 0 unspecified atom stereocenters. The molecule has 0 saturated carbocycles.